The summed E-state index contributed by atoms with van der Waals surface area (Å²) < 4.78 is 9.40. The highest BCUT2D eigenvalue weighted by Crippen LogP contribution is 2.09. The molecule has 2 N–H and O–H groups in total. The molecule has 1 heterocycles. The van der Waals surface area contributed by atoms with Crippen molar-refractivity contribution < 1.29 is 33.8 Å². The number of carbonyl (C=O) groups excluding carboxylic acids is 1. The molecule has 0 amide bonds. The molecule has 1 aromatic heterocycles. The third-order valence-electron chi connectivity index (χ3n) is 1.59. The first-order valence-electron chi connectivity index (χ1n) is 4.39. The second-order valence-corrected chi connectivity index (χ2v) is 2.85. The Hall–Kier alpha value is -2.57. The summed E-state index contributed by atoms with van der Waals surface area (Å²) in [5, 5.41) is 16.8. The Morgan fingerprint density at radius 3 is 2.47 bits per heavy atom. The molecule has 0 bridgehead atoms. The quantitative estimate of drug-likeness (QED) is 0.573. The van der Waals surface area contributed by atoms with Gasteiger partial charge in [0.15, 0.2) is 0 Å². The van der Waals surface area contributed by atoms with Crippen molar-refractivity contribution in [3.8, 4) is 0 Å². The molecular formula is C10H8O7. The minimum atomic E-state index is -1.27. The normalized spacial score (nSPS) is 10.4. The highest BCUT2D eigenvalue weighted by Gasteiger charge is 2.09. The first-order valence-corrected chi connectivity index (χ1v) is 4.39. The highest BCUT2D eigenvalue weighted by molar-refractivity contribution is 5.90. The van der Waals surface area contributed by atoms with Gasteiger partial charge in [-0.3, -0.25) is 0 Å². The minimum absolute atomic E-state index is 0.152. The van der Waals surface area contributed by atoms with Crippen LogP contribution in [0.3, 0.4) is 0 Å². The van der Waals surface area contributed by atoms with Crippen molar-refractivity contribution >= 4 is 17.9 Å². The maximum Gasteiger partial charge on any atom is 0.371 e. The molecule has 0 saturated carbocycles. The molecule has 1 aromatic rings. The molecule has 7 heteroatoms. The molecular weight excluding hydrogens is 232 g/mol. The van der Waals surface area contributed by atoms with Crippen LogP contribution in [-0.2, 0) is 20.9 Å². The smallest absolute Gasteiger partial charge is 0.371 e. The zero-order valence-electron chi connectivity index (χ0n) is 8.45. The van der Waals surface area contributed by atoms with Gasteiger partial charge in [0.05, 0.1) is 0 Å². The summed E-state index contributed by atoms with van der Waals surface area (Å²) in [5.74, 6) is -3.47. The number of furan rings is 1. The van der Waals surface area contributed by atoms with Gasteiger partial charge in [-0.1, -0.05) is 0 Å². The van der Waals surface area contributed by atoms with Crippen molar-refractivity contribution in [3.05, 3.63) is 35.8 Å². The van der Waals surface area contributed by atoms with Crippen molar-refractivity contribution in [1.29, 1.82) is 0 Å². The predicted molar refractivity (Wildman–Crippen MR) is 52.2 cm³/mol. The molecule has 7 nitrogen and oxygen atoms in total. The van der Waals surface area contributed by atoms with E-state index in [9.17, 15) is 14.4 Å². The van der Waals surface area contributed by atoms with Crippen LogP contribution in [0.5, 0.6) is 0 Å². The van der Waals surface area contributed by atoms with E-state index in [2.05, 4.69) is 4.74 Å². The molecule has 0 aliphatic heterocycles. The van der Waals surface area contributed by atoms with Crippen LogP contribution in [0.2, 0.25) is 0 Å². The van der Waals surface area contributed by atoms with E-state index >= 15 is 0 Å². The van der Waals surface area contributed by atoms with Gasteiger partial charge in [0.25, 0.3) is 0 Å². The van der Waals surface area contributed by atoms with Crippen LogP contribution in [-0.4, -0.2) is 28.1 Å². The standard InChI is InChI=1S/C10H8O7/c11-8(12)3-4-9(13)16-5-6-1-2-7(17-6)10(14)15/h1-4H,5H2,(H,11,12)(H,14,15). The first kappa shape index (κ1) is 12.5. The highest BCUT2D eigenvalue weighted by atomic mass is 16.5. The van der Waals surface area contributed by atoms with E-state index in [1.165, 1.54) is 12.1 Å². The van der Waals surface area contributed by atoms with Crippen molar-refractivity contribution in [2.45, 2.75) is 6.61 Å². The molecule has 0 aliphatic carbocycles. The number of hydrogen-bond acceptors (Lipinski definition) is 5. The van der Waals surface area contributed by atoms with Gasteiger partial charge in [0.1, 0.15) is 12.4 Å². The Morgan fingerprint density at radius 1 is 1.24 bits per heavy atom. The summed E-state index contributed by atoms with van der Waals surface area (Å²) in [6, 6.07) is 2.57. The predicted octanol–water partition coefficient (Wildman–Crippen LogP) is 0.662. The molecule has 0 fully saturated rings. The van der Waals surface area contributed by atoms with Gasteiger partial charge < -0.3 is 19.4 Å². The van der Waals surface area contributed by atoms with Crippen LogP contribution in [0.25, 0.3) is 0 Å². The number of carboxylic acids is 2. The summed E-state index contributed by atoms with van der Waals surface area (Å²) in [7, 11) is 0. The summed E-state index contributed by atoms with van der Waals surface area (Å²) in [6.07, 6.45) is 1.37. The molecule has 0 atom stereocenters. The Morgan fingerprint density at radius 2 is 1.94 bits per heavy atom. The average molecular weight is 240 g/mol. The molecule has 90 valence electrons. The van der Waals surface area contributed by atoms with Crippen molar-refractivity contribution in [3.63, 3.8) is 0 Å². The van der Waals surface area contributed by atoms with Crippen molar-refractivity contribution in [2.24, 2.45) is 0 Å². The number of carboxylic acid groups (broad SMARTS) is 2. The Bertz CT molecular complexity index is 469. The number of aromatic carboxylic acids is 1. The van der Waals surface area contributed by atoms with E-state index < -0.39 is 17.9 Å². The zero-order valence-corrected chi connectivity index (χ0v) is 8.45. The van der Waals surface area contributed by atoms with Gasteiger partial charge in [0.2, 0.25) is 5.76 Å². The number of aliphatic carboxylic acids is 1. The molecule has 1 rings (SSSR count). The van der Waals surface area contributed by atoms with E-state index in [-0.39, 0.29) is 18.1 Å². The molecule has 17 heavy (non-hydrogen) atoms. The zero-order chi connectivity index (χ0) is 12.8. The molecule has 0 unspecified atom stereocenters. The number of carbonyl (C=O) groups is 3. The number of rotatable bonds is 5. The van der Waals surface area contributed by atoms with Crippen molar-refractivity contribution in [1.82, 2.24) is 0 Å². The fraction of sp³-hybridized carbons (Fsp3) is 0.100. The largest absolute Gasteiger partial charge is 0.478 e. The van der Waals surface area contributed by atoms with E-state index in [4.69, 9.17) is 14.6 Å². The maximum atomic E-state index is 10.9. The van der Waals surface area contributed by atoms with Crippen molar-refractivity contribution in [2.75, 3.05) is 0 Å². The van der Waals surface area contributed by atoms with Gasteiger partial charge in [-0.05, 0) is 12.1 Å². The van der Waals surface area contributed by atoms with E-state index in [1.54, 1.807) is 0 Å². The molecule has 0 aromatic carbocycles. The van der Waals surface area contributed by atoms with Gasteiger partial charge in [-0.2, -0.15) is 0 Å². The molecule has 0 aliphatic rings. The second-order valence-electron chi connectivity index (χ2n) is 2.85. The lowest BCUT2D eigenvalue weighted by Crippen LogP contribution is -2.01. The maximum absolute atomic E-state index is 10.9. The summed E-state index contributed by atoms with van der Waals surface area (Å²) in [5.41, 5.74) is 0. The van der Waals surface area contributed by atoms with Crippen LogP contribution in [0, 0.1) is 0 Å². The third kappa shape index (κ3) is 4.20. The molecule has 0 radical (unpaired) electrons. The van der Waals surface area contributed by atoms with E-state index in [0.29, 0.717) is 6.08 Å². The number of ether oxygens (including phenoxy) is 1. The average Bonchev–Trinajstić information content (AvgIpc) is 2.72. The van der Waals surface area contributed by atoms with Crippen LogP contribution in [0.4, 0.5) is 0 Å². The fourth-order valence-electron chi connectivity index (χ4n) is 0.900. The lowest BCUT2D eigenvalue weighted by Gasteiger charge is -1.97. The fourth-order valence-corrected chi connectivity index (χ4v) is 0.900. The van der Waals surface area contributed by atoms with Gasteiger partial charge in [-0.15, -0.1) is 0 Å². The SMILES string of the molecule is O=C(O)C=CC(=O)OCc1ccc(C(=O)O)o1. The van der Waals surface area contributed by atoms with Crippen LogP contribution < -0.4 is 0 Å². The van der Waals surface area contributed by atoms with Crippen LogP contribution >= 0.6 is 0 Å². The Kier molecular flexibility index (Phi) is 4.04. The molecule has 0 spiro atoms. The van der Waals surface area contributed by atoms with Crippen LogP contribution in [0.15, 0.2) is 28.7 Å². The second kappa shape index (κ2) is 5.50. The van der Waals surface area contributed by atoms with Crippen LogP contribution in [0.1, 0.15) is 16.3 Å². The Balaban J connectivity index is 2.47. The third-order valence-corrected chi connectivity index (χ3v) is 1.59. The Labute approximate surface area is 94.9 Å². The summed E-state index contributed by atoms with van der Waals surface area (Å²) in [6.45, 7) is -0.268. The van der Waals surface area contributed by atoms with Gasteiger partial charge >= 0.3 is 17.9 Å². The summed E-state index contributed by atoms with van der Waals surface area (Å²) in [4.78, 5) is 31.5. The lowest BCUT2D eigenvalue weighted by molar-refractivity contribution is -0.140. The summed E-state index contributed by atoms with van der Waals surface area (Å²) >= 11 is 0. The van der Waals surface area contributed by atoms with Gasteiger partial charge in [-0.25, -0.2) is 14.4 Å². The minimum Gasteiger partial charge on any atom is -0.478 e. The van der Waals surface area contributed by atoms with E-state index in [0.717, 1.165) is 6.08 Å². The monoisotopic (exact) mass is 240 g/mol. The topological polar surface area (TPSA) is 114 Å². The first-order chi connectivity index (χ1) is 7.99. The molecule has 0 saturated heterocycles. The number of hydrogen-bond donors (Lipinski definition) is 2. The van der Waals surface area contributed by atoms with E-state index in [1.807, 2.05) is 0 Å². The lowest BCUT2D eigenvalue weighted by atomic mass is 10.4. The van der Waals surface area contributed by atoms with Gasteiger partial charge in [0, 0.05) is 12.2 Å². The number of esters is 1.